The van der Waals surface area contributed by atoms with Gasteiger partial charge in [-0.25, -0.2) is 14.2 Å². The molecule has 3 aromatic rings. The highest BCUT2D eigenvalue weighted by Crippen LogP contribution is 2.48. The average molecular weight is 483 g/mol. The highest BCUT2D eigenvalue weighted by atomic mass is 32.1. The summed E-state index contributed by atoms with van der Waals surface area (Å²) in [5, 5.41) is 5.89. The third kappa shape index (κ3) is 5.17. The Balaban J connectivity index is 0.000000396. The molecule has 0 aliphatic carbocycles. The third-order valence-corrected chi connectivity index (χ3v) is 6.66. The lowest BCUT2D eigenvalue weighted by Gasteiger charge is -2.46. The molecule has 6 nitrogen and oxygen atoms in total. The van der Waals surface area contributed by atoms with Gasteiger partial charge in [-0.3, -0.25) is 4.79 Å². The summed E-state index contributed by atoms with van der Waals surface area (Å²) in [6.45, 7) is 3.77. The van der Waals surface area contributed by atoms with Crippen molar-refractivity contribution < 1.29 is 23.5 Å². The Morgan fingerprint density at radius 2 is 1.65 bits per heavy atom. The number of thiazole rings is 1. The van der Waals surface area contributed by atoms with Crippen molar-refractivity contribution in [3.63, 3.8) is 0 Å². The quantitative estimate of drug-likeness (QED) is 0.538. The highest BCUT2D eigenvalue weighted by molar-refractivity contribution is 7.09. The number of rotatable bonds is 4. The van der Waals surface area contributed by atoms with Crippen LogP contribution in [0.4, 0.5) is 4.39 Å². The third-order valence-electron chi connectivity index (χ3n) is 5.80. The van der Waals surface area contributed by atoms with Gasteiger partial charge in [-0.15, -0.1) is 11.3 Å². The van der Waals surface area contributed by atoms with E-state index in [-0.39, 0.29) is 5.82 Å². The van der Waals surface area contributed by atoms with Crippen LogP contribution in [-0.4, -0.2) is 31.1 Å². The number of nitrogens with zero attached hydrogens (tertiary/aromatic N) is 1. The van der Waals surface area contributed by atoms with Gasteiger partial charge >= 0.3 is 11.9 Å². The summed E-state index contributed by atoms with van der Waals surface area (Å²) in [4.78, 5) is 30.0. The number of benzene rings is 2. The number of ether oxygens (including phenoxy) is 2. The van der Waals surface area contributed by atoms with Gasteiger partial charge in [-0.1, -0.05) is 48.5 Å². The fraction of sp³-hybridized carbons (Fsp3) is 0.269. The van der Waals surface area contributed by atoms with Gasteiger partial charge in [0.1, 0.15) is 10.8 Å². The molecule has 3 atom stereocenters. The standard InChI is InChI=1S/C20H22N2O4S.C6H5F/c1-12-14(18(23)25-3)15(17-21-10-11-27-17)16(19(24)26-4)20(2,22-12)13-8-6-5-7-9-13;7-6-4-2-1-3-5-6/h5-11,15-16,22H,1-4H3;1-5H. The Bertz CT molecular complexity index is 1140. The number of esters is 2. The first-order valence-electron chi connectivity index (χ1n) is 10.6. The minimum atomic E-state index is -0.785. The minimum Gasteiger partial charge on any atom is -0.469 e. The molecule has 34 heavy (non-hydrogen) atoms. The first-order valence-corrected chi connectivity index (χ1v) is 11.5. The summed E-state index contributed by atoms with van der Waals surface area (Å²) in [6, 6.07) is 17.6. The van der Waals surface area contributed by atoms with E-state index in [4.69, 9.17) is 9.47 Å². The van der Waals surface area contributed by atoms with E-state index in [0.717, 1.165) is 5.56 Å². The van der Waals surface area contributed by atoms with Crippen LogP contribution in [0.25, 0.3) is 0 Å². The zero-order valence-corrected chi connectivity index (χ0v) is 20.3. The molecule has 0 saturated carbocycles. The summed E-state index contributed by atoms with van der Waals surface area (Å²) in [7, 11) is 2.69. The molecule has 2 aromatic carbocycles. The second kappa shape index (κ2) is 11.1. The molecule has 1 N–H and O–H groups in total. The molecule has 8 heteroatoms. The second-order valence-electron chi connectivity index (χ2n) is 7.87. The fourth-order valence-electron chi connectivity index (χ4n) is 4.26. The van der Waals surface area contributed by atoms with E-state index in [1.807, 2.05) is 49.6 Å². The van der Waals surface area contributed by atoms with Crippen LogP contribution in [0, 0.1) is 11.7 Å². The largest absolute Gasteiger partial charge is 0.469 e. The van der Waals surface area contributed by atoms with Crippen LogP contribution < -0.4 is 5.32 Å². The van der Waals surface area contributed by atoms with Crippen LogP contribution in [0.2, 0.25) is 0 Å². The fourth-order valence-corrected chi connectivity index (χ4v) is 5.04. The smallest absolute Gasteiger partial charge is 0.336 e. The van der Waals surface area contributed by atoms with E-state index in [1.54, 1.807) is 24.4 Å². The Morgan fingerprint density at radius 1 is 1.03 bits per heavy atom. The lowest BCUT2D eigenvalue weighted by Crippen LogP contribution is -2.55. The van der Waals surface area contributed by atoms with Crippen molar-refractivity contribution in [1.82, 2.24) is 10.3 Å². The van der Waals surface area contributed by atoms with E-state index in [1.165, 1.54) is 37.7 Å². The van der Waals surface area contributed by atoms with Crippen LogP contribution in [0.15, 0.2) is 83.5 Å². The van der Waals surface area contributed by atoms with E-state index in [9.17, 15) is 14.0 Å². The Labute approximate surface area is 202 Å². The SMILES string of the molecule is COC(=O)C1=C(C)NC(C)(c2ccccc2)C(C(=O)OC)C1c1nccs1.Fc1ccccc1. The average Bonchev–Trinajstić information content (AvgIpc) is 3.39. The maximum absolute atomic E-state index is 13.0. The Morgan fingerprint density at radius 3 is 2.12 bits per heavy atom. The highest BCUT2D eigenvalue weighted by Gasteiger charge is 2.53. The van der Waals surface area contributed by atoms with Crippen molar-refractivity contribution in [3.8, 4) is 0 Å². The van der Waals surface area contributed by atoms with Crippen molar-refractivity contribution in [2.75, 3.05) is 14.2 Å². The maximum atomic E-state index is 13.0. The first kappa shape index (κ1) is 25.1. The summed E-state index contributed by atoms with van der Waals surface area (Å²) in [5.74, 6) is -2.35. The molecular formula is C26H27FN2O4S. The number of carbonyl (C=O) groups is 2. The molecule has 0 spiro atoms. The van der Waals surface area contributed by atoms with Gasteiger partial charge in [0.2, 0.25) is 0 Å². The van der Waals surface area contributed by atoms with Crippen molar-refractivity contribution in [2.45, 2.75) is 25.3 Å². The normalized spacial score (nSPS) is 21.6. The predicted molar refractivity (Wildman–Crippen MR) is 128 cm³/mol. The van der Waals surface area contributed by atoms with Crippen molar-refractivity contribution in [1.29, 1.82) is 0 Å². The van der Waals surface area contributed by atoms with Gasteiger partial charge in [0.15, 0.2) is 0 Å². The van der Waals surface area contributed by atoms with Gasteiger partial charge in [0.05, 0.1) is 37.2 Å². The number of allylic oxidation sites excluding steroid dienone is 1. The van der Waals surface area contributed by atoms with E-state index >= 15 is 0 Å². The van der Waals surface area contributed by atoms with Crippen LogP contribution in [0.1, 0.15) is 30.3 Å². The summed E-state index contributed by atoms with van der Waals surface area (Å²) >= 11 is 1.40. The molecule has 1 aliphatic heterocycles. The van der Waals surface area contributed by atoms with Crippen LogP contribution in [0.3, 0.4) is 0 Å². The van der Waals surface area contributed by atoms with Crippen LogP contribution >= 0.6 is 11.3 Å². The zero-order valence-electron chi connectivity index (χ0n) is 19.4. The molecule has 2 heterocycles. The molecule has 0 amide bonds. The molecule has 1 aliphatic rings. The maximum Gasteiger partial charge on any atom is 0.336 e. The lowest BCUT2D eigenvalue weighted by atomic mass is 9.67. The van der Waals surface area contributed by atoms with E-state index in [0.29, 0.717) is 16.3 Å². The number of hydrogen-bond acceptors (Lipinski definition) is 7. The Hall–Kier alpha value is -3.52. The monoisotopic (exact) mass is 482 g/mol. The molecule has 0 bridgehead atoms. The number of nitrogens with one attached hydrogen (secondary N) is 1. The molecular weight excluding hydrogens is 455 g/mol. The zero-order chi connectivity index (χ0) is 24.7. The molecule has 0 fully saturated rings. The summed E-state index contributed by atoms with van der Waals surface area (Å²) in [6.07, 6.45) is 1.67. The van der Waals surface area contributed by atoms with Gasteiger partial charge in [0, 0.05) is 17.3 Å². The molecule has 4 rings (SSSR count). The minimum absolute atomic E-state index is 0.178. The summed E-state index contributed by atoms with van der Waals surface area (Å²) < 4.78 is 22.1. The predicted octanol–water partition coefficient (Wildman–Crippen LogP) is 4.81. The van der Waals surface area contributed by atoms with Gasteiger partial charge < -0.3 is 14.8 Å². The number of hydrogen-bond donors (Lipinski definition) is 1. The van der Waals surface area contributed by atoms with Gasteiger partial charge in [-0.2, -0.15) is 0 Å². The van der Waals surface area contributed by atoms with Crippen LogP contribution in [0.5, 0.6) is 0 Å². The molecule has 0 saturated heterocycles. The van der Waals surface area contributed by atoms with Gasteiger partial charge in [0.25, 0.3) is 0 Å². The van der Waals surface area contributed by atoms with Gasteiger partial charge in [-0.05, 0) is 31.5 Å². The molecule has 3 unspecified atom stereocenters. The van der Waals surface area contributed by atoms with Crippen molar-refractivity contribution >= 4 is 23.3 Å². The number of halogens is 1. The summed E-state index contributed by atoms with van der Waals surface area (Å²) in [5.41, 5.74) is 1.20. The second-order valence-corrected chi connectivity index (χ2v) is 8.79. The molecule has 0 radical (unpaired) electrons. The van der Waals surface area contributed by atoms with Crippen LogP contribution in [-0.2, 0) is 24.6 Å². The van der Waals surface area contributed by atoms with Crippen molar-refractivity contribution in [3.05, 3.63) is 99.9 Å². The van der Waals surface area contributed by atoms with E-state index in [2.05, 4.69) is 10.3 Å². The molecule has 1 aromatic heterocycles. The van der Waals surface area contributed by atoms with Crippen molar-refractivity contribution in [2.24, 2.45) is 5.92 Å². The number of aromatic nitrogens is 1. The number of carbonyl (C=O) groups excluding carboxylic acids is 2. The first-order chi connectivity index (χ1) is 16.3. The lowest BCUT2D eigenvalue weighted by molar-refractivity contribution is -0.150. The van der Waals surface area contributed by atoms with E-state index < -0.39 is 29.3 Å². The molecule has 178 valence electrons. The topological polar surface area (TPSA) is 77.5 Å². The number of methoxy groups -OCH3 is 2. The Kier molecular flexibility index (Phi) is 8.17.